The fourth-order valence-corrected chi connectivity index (χ4v) is 0.532. The van der Waals surface area contributed by atoms with Crippen LogP contribution in [-0.4, -0.2) is 14.4 Å². The monoisotopic (exact) mass is 204 g/mol. The highest BCUT2D eigenvalue weighted by Crippen LogP contribution is 1.94. The quantitative estimate of drug-likeness (QED) is 0.390. The summed E-state index contributed by atoms with van der Waals surface area (Å²) in [5.74, 6) is 0. The zero-order chi connectivity index (χ0) is 11.0. The van der Waals surface area contributed by atoms with Gasteiger partial charge in [-0.25, -0.2) is 0 Å². The van der Waals surface area contributed by atoms with Gasteiger partial charge in [-0.15, -0.1) is 12.0 Å². The van der Waals surface area contributed by atoms with Crippen molar-refractivity contribution in [3.8, 4) is 12.0 Å². The van der Waals surface area contributed by atoms with E-state index in [-0.39, 0.29) is 0 Å². The maximum atomic E-state index is 10.0. The Kier molecular flexibility index (Phi) is 5.58. The first-order chi connectivity index (χ1) is 6.49. The van der Waals surface area contributed by atoms with Gasteiger partial charge < -0.3 is 0 Å². The summed E-state index contributed by atoms with van der Waals surface area (Å²) in [6, 6.07) is 9.10. The first-order valence-electron chi connectivity index (χ1n) is 4.47. The molecule has 0 fully saturated rings. The fraction of sp³-hybridized carbons (Fsp3) is 0.250. The molecule has 0 atom stereocenters. The van der Waals surface area contributed by atoms with E-state index >= 15 is 0 Å². The third kappa shape index (κ3) is 7.32. The van der Waals surface area contributed by atoms with Crippen LogP contribution in [-0.2, 0) is 0 Å². The smallest absolute Gasteiger partial charge is 0.150 e. The van der Waals surface area contributed by atoms with Crippen LogP contribution < -0.4 is 0 Å². The minimum Gasteiger partial charge on any atom is -0.298 e. The van der Waals surface area contributed by atoms with E-state index in [1.165, 1.54) is 0 Å². The largest absolute Gasteiger partial charge is 0.298 e. The zero-order valence-electron chi connectivity index (χ0n) is 8.95. The number of carbonyl (C=O) groups is 1. The lowest BCUT2D eigenvalue weighted by Gasteiger charge is -2.00. The molecule has 0 amide bonds. The van der Waals surface area contributed by atoms with Gasteiger partial charge in [0.05, 0.1) is 0 Å². The number of terminal acetylenes is 1. The highest BCUT2D eigenvalue weighted by Gasteiger charge is 2.05. The van der Waals surface area contributed by atoms with Gasteiger partial charge >= 0.3 is 0 Å². The van der Waals surface area contributed by atoms with E-state index in [1.54, 1.807) is 12.1 Å². The predicted octanol–water partition coefficient (Wildman–Crippen LogP) is 3.00. The Morgan fingerprint density at radius 2 is 1.64 bits per heavy atom. The zero-order valence-corrected chi connectivity index (χ0v) is 9.95. The van der Waals surface area contributed by atoms with Gasteiger partial charge in [0.15, 0.2) is 0 Å². The second-order valence-corrected chi connectivity index (χ2v) is 8.71. The van der Waals surface area contributed by atoms with Crippen LogP contribution in [0.25, 0.3) is 0 Å². The molecular weight excluding hydrogens is 188 g/mol. The molecule has 0 unspecified atom stereocenters. The van der Waals surface area contributed by atoms with Gasteiger partial charge in [0, 0.05) is 5.56 Å². The Bertz CT molecular complexity index is 303. The van der Waals surface area contributed by atoms with Crippen molar-refractivity contribution in [1.82, 2.24) is 0 Å². The number of aldehydes is 1. The summed E-state index contributed by atoms with van der Waals surface area (Å²) in [5, 5.41) is 0. The number of rotatable bonds is 1. The summed E-state index contributed by atoms with van der Waals surface area (Å²) in [5.41, 5.74) is 3.47. The Hall–Kier alpha value is -1.33. The van der Waals surface area contributed by atoms with Crippen molar-refractivity contribution in [3.05, 3.63) is 35.9 Å². The fourth-order valence-electron chi connectivity index (χ4n) is 0.532. The molecule has 1 aromatic rings. The van der Waals surface area contributed by atoms with Gasteiger partial charge in [0.25, 0.3) is 0 Å². The van der Waals surface area contributed by atoms with Crippen molar-refractivity contribution in [2.45, 2.75) is 19.6 Å². The van der Waals surface area contributed by atoms with Gasteiger partial charge in [-0.1, -0.05) is 50.0 Å². The maximum absolute atomic E-state index is 10.0. The Balaban J connectivity index is 0.000000255. The van der Waals surface area contributed by atoms with Crippen LogP contribution in [0.15, 0.2) is 30.3 Å². The molecule has 0 aliphatic rings. The topological polar surface area (TPSA) is 17.1 Å². The highest BCUT2D eigenvalue weighted by atomic mass is 28.3. The summed E-state index contributed by atoms with van der Waals surface area (Å²) >= 11 is 0. The van der Waals surface area contributed by atoms with Crippen molar-refractivity contribution < 1.29 is 4.79 Å². The number of benzene rings is 1. The lowest BCUT2D eigenvalue weighted by molar-refractivity contribution is 0.112. The van der Waals surface area contributed by atoms with Gasteiger partial charge in [0.2, 0.25) is 0 Å². The first kappa shape index (κ1) is 12.7. The second kappa shape index (κ2) is 6.17. The summed E-state index contributed by atoms with van der Waals surface area (Å²) in [6.07, 6.45) is 5.95. The van der Waals surface area contributed by atoms with Crippen molar-refractivity contribution in [1.29, 1.82) is 0 Å². The molecule has 74 valence electrons. The molecular formula is C12H16OSi. The van der Waals surface area contributed by atoms with E-state index in [9.17, 15) is 4.79 Å². The molecule has 0 aliphatic carbocycles. The van der Waals surface area contributed by atoms with Crippen LogP contribution in [0.3, 0.4) is 0 Å². The van der Waals surface area contributed by atoms with Crippen molar-refractivity contribution >= 4 is 14.4 Å². The van der Waals surface area contributed by atoms with Crippen molar-refractivity contribution in [2.75, 3.05) is 0 Å². The van der Waals surface area contributed by atoms with E-state index in [1.807, 2.05) is 18.2 Å². The molecule has 0 spiro atoms. The van der Waals surface area contributed by atoms with E-state index in [0.717, 1.165) is 11.8 Å². The van der Waals surface area contributed by atoms with Crippen LogP contribution in [0, 0.1) is 12.0 Å². The SMILES string of the molecule is C#C[Si](C)(C)C.O=Cc1ccccc1. The van der Waals surface area contributed by atoms with Crippen molar-refractivity contribution in [3.63, 3.8) is 0 Å². The molecule has 14 heavy (non-hydrogen) atoms. The molecule has 0 radical (unpaired) electrons. The molecule has 0 heterocycles. The number of hydrogen-bond donors (Lipinski definition) is 0. The maximum Gasteiger partial charge on any atom is 0.150 e. The second-order valence-electron chi connectivity index (χ2n) is 3.92. The summed E-state index contributed by atoms with van der Waals surface area (Å²) in [6.45, 7) is 6.44. The Morgan fingerprint density at radius 1 is 1.21 bits per heavy atom. The van der Waals surface area contributed by atoms with Gasteiger partial charge in [-0.2, -0.15) is 0 Å². The van der Waals surface area contributed by atoms with Gasteiger partial charge in [-0.05, 0) is 0 Å². The first-order valence-corrected chi connectivity index (χ1v) is 7.97. The van der Waals surface area contributed by atoms with Crippen molar-refractivity contribution in [2.24, 2.45) is 0 Å². The minimum absolute atomic E-state index is 0.729. The van der Waals surface area contributed by atoms with Crippen LogP contribution in [0.2, 0.25) is 19.6 Å². The van der Waals surface area contributed by atoms with E-state index in [2.05, 4.69) is 25.2 Å². The van der Waals surface area contributed by atoms with E-state index in [4.69, 9.17) is 6.42 Å². The van der Waals surface area contributed by atoms with Crippen LogP contribution >= 0.6 is 0 Å². The molecule has 1 rings (SSSR count). The summed E-state index contributed by atoms with van der Waals surface area (Å²) < 4.78 is 0. The van der Waals surface area contributed by atoms with E-state index < -0.39 is 8.07 Å². The molecule has 2 heteroatoms. The molecule has 0 N–H and O–H groups in total. The average molecular weight is 204 g/mol. The van der Waals surface area contributed by atoms with Gasteiger partial charge in [0.1, 0.15) is 14.4 Å². The van der Waals surface area contributed by atoms with Crippen LogP contribution in [0.1, 0.15) is 10.4 Å². The van der Waals surface area contributed by atoms with E-state index in [0.29, 0.717) is 0 Å². The highest BCUT2D eigenvalue weighted by molar-refractivity contribution is 6.83. The molecule has 0 aromatic heterocycles. The predicted molar refractivity (Wildman–Crippen MR) is 64.0 cm³/mol. The standard InChI is InChI=1S/C7H6O.C5H10Si/c8-6-7-4-2-1-3-5-7;1-5-6(2,3)4/h1-6H;1H,2-4H3. The van der Waals surface area contributed by atoms with Crippen LogP contribution in [0.5, 0.6) is 0 Å². The minimum atomic E-state index is -1.10. The Morgan fingerprint density at radius 3 is 1.86 bits per heavy atom. The molecule has 0 aliphatic heterocycles. The summed E-state index contributed by atoms with van der Waals surface area (Å²) in [7, 11) is -1.10. The molecule has 0 saturated heterocycles. The Labute approximate surface area is 87.2 Å². The summed E-state index contributed by atoms with van der Waals surface area (Å²) in [4.78, 5) is 10.0. The normalized spacial score (nSPS) is 9.29. The third-order valence-corrected chi connectivity index (χ3v) is 2.23. The molecule has 1 aromatic carbocycles. The third-order valence-electron chi connectivity index (χ3n) is 1.37. The number of hydrogen-bond acceptors (Lipinski definition) is 1. The molecule has 0 saturated carbocycles. The molecule has 0 bridgehead atoms. The number of carbonyl (C=O) groups excluding carboxylic acids is 1. The molecule has 1 nitrogen and oxygen atoms in total. The van der Waals surface area contributed by atoms with Gasteiger partial charge in [-0.3, -0.25) is 4.79 Å². The lowest BCUT2D eigenvalue weighted by atomic mass is 10.2. The average Bonchev–Trinajstić information content (AvgIpc) is 2.19. The lowest BCUT2D eigenvalue weighted by Crippen LogP contribution is -2.15. The van der Waals surface area contributed by atoms with Crippen LogP contribution in [0.4, 0.5) is 0 Å².